The molecule has 0 unspecified atom stereocenters. The molecule has 0 bridgehead atoms. The van der Waals surface area contributed by atoms with E-state index in [1.165, 1.54) is 6.92 Å². The van der Waals surface area contributed by atoms with E-state index in [4.69, 9.17) is 21.1 Å². The Labute approximate surface area is 117 Å². The first kappa shape index (κ1) is 13.7. The molecule has 0 spiro atoms. The smallest absolute Gasteiger partial charge is 0.303 e. The number of rotatable bonds is 5. The Balaban J connectivity index is 2.11. The van der Waals surface area contributed by atoms with Crippen molar-refractivity contribution >= 4 is 28.3 Å². The van der Waals surface area contributed by atoms with Crippen LogP contribution in [0, 0.1) is 0 Å². The maximum Gasteiger partial charge on any atom is 0.303 e. The second kappa shape index (κ2) is 6.43. The highest BCUT2D eigenvalue weighted by Crippen LogP contribution is 2.25. The summed E-state index contributed by atoms with van der Waals surface area (Å²) in [6, 6.07) is 13.8. The number of fused-ring (bicyclic) bond motifs is 1. The fraction of sp³-hybridized carbons (Fsp3) is 0.267. The number of esters is 1. The van der Waals surface area contributed by atoms with Crippen LogP contribution in [0.25, 0.3) is 10.8 Å². The van der Waals surface area contributed by atoms with Crippen LogP contribution in [0.3, 0.4) is 0 Å². The summed E-state index contributed by atoms with van der Waals surface area (Å²) in [6.07, 6.45) is -0.432. The van der Waals surface area contributed by atoms with Gasteiger partial charge in [-0.25, -0.2) is 0 Å². The number of carbonyl (C=O) groups is 1. The van der Waals surface area contributed by atoms with Crippen molar-refractivity contribution < 1.29 is 14.3 Å². The standard InChI is InChI=1S/C15H15ClO3/c1-11(17)19-13(9-16)10-18-15-8-4-6-12-5-2-3-7-14(12)15/h2-8,13H,9-10H2,1H3/t13-/m0/s1. The van der Waals surface area contributed by atoms with E-state index in [9.17, 15) is 4.79 Å². The maximum absolute atomic E-state index is 10.9. The van der Waals surface area contributed by atoms with Gasteiger partial charge in [-0.2, -0.15) is 0 Å². The van der Waals surface area contributed by atoms with Crippen LogP contribution in [0.15, 0.2) is 42.5 Å². The van der Waals surface area contributed by atoms with Crippen molar-refractivity contribution in [3.05, 3.63) is 42.5 Å². The van der Waals surface area contributed by atoms with Gasteiger partial charge in [0, 0.05) is 12.3 Å². The highest BCUT2D eigenvalue weighted by atomic mass is 35.5. The fourth-order valence-electron chi connectivity index (χ4n) is 1.85. The number of alkyl halides is 1. The molecule has 0 amide bonds. The van der Waals surface area contributed by atoms with Gasteiger partial charge >= 0.3 is 5.97 Å². The lowest BCUT2D eigenvalue weighted by Gasteiger charge is -2.16. The number of halogens is 1. The van der Waals surface area contributed by atoms with E-state index in [0.29, 0.717) is 0 Å². The van der Waals surface area contributed by atoms with Gasteiger partial charge in [-0.3, -0.25) is 4.79 Å². The Bertz CT molecular complexity index is 563. The van der Waals surface area contributed by atoms with Crippen LogP contribution in [-0.4, -0.2) is 24.6 Å². The summed E-state index contributed by atoms with van der Waals surface area (Å²) < 4.78 is 10.7. The average molecular weight is 279 g/mol. The van der Waals surface area contributed by atoms with E-state index in [2.05, 4.69) is 0 Å². The third-order valence-corrected chi connectivity index (χ3v) is 3.02. The van der Waals surface area contributed by atoms with Crippen molar-refractivity contribution in [2.24, 2.45) is 0 Å². The van der Waals surface area contributed by atoms with Crippen LogP contribution in [0.2, 0.25) is 0 Å². The van der Waals surface area contributed by atoms with E-state index < -0.39 is 6.10 Å². The molecule has 0 N–H and O–H groups in total. The molecule has 0 aliphatic heterocycles. The van der Waals surface area contributed by atoms with Crippen LogP contribution >= 0.6 is 11.6 Å². The first-order valence-corrected chi connectivity index (χ1v) is 6.58. The average Bonchev–Trinajstić information content (AvgIpc) is 2.43. The lowest BCUT2D eigenvalue weighted by Crippen LogP contribution is -2.25. The lowest BCUT2D eigenvalue weighted by molar-refractivity contribution is -0.146. The molecule has 0 heterocycles. The van der Waals surface area contributed by atoms with Gasteiger partial charge in [0.25, 0.3) is 0 Å². The second-order valence-electron chi connectivity index (χ2n) is 4.17. The maximum atomic E-state index is 10.9. The van der Waals surface area contributed by atoms with Gasteiger partial charge in [0.1, 0.15) is 18.5 Å². The summed E-state index contributed by atoms with van der Waals surface area (Å²) in [5.74, 6) is 0.622. The van der Waals surface area contributed by atoms with Crippen LogP contribution in [-0.2, 0) is 9.53 Å². The molecule has 0 aliphatic carbocycles. The molecule has 0 aromatic heterocycles. The summed E-state index contributed by atoms with van der Waals surface area (Å²) in [6.45, 7) is 1.61. The van der Waals surface area contributed by atoms with Crippen LogP contribution < -0.4 is 4.74 Å². The summed E-state index contributed by atoms with van der Waals surface area (Å²) in [5, 5.41) is 2.14. The minimum absolute atomic E-state index is 0.213. The van der Waals surface area contributed by atoms with Crippen molar-refractivity contribution in [2.45, 2.75) is 13.0 Å². The van der Waals surface area contributed by atoms with Gasteiger partial charge in [-0.05, 0) is 11.5 Å². The van der Waals surface area contributed by atoms with Crippen molar-refractivity contribution in [3.8, 4) is 5.75 Å². The van der Waals surface area contributed by atoms with Gasteiger partial charge in [0.05, 0.1) is 5.88 Å². The SMILES string of the molecule is CC(=O)O[C@@H](CCl)COc1cccc2ccccc12. The quantitative estimate of drug-likeness (QED) is 0.621. The van der Waals surface area contributed by atoms with Crippen molar-refractivity contribution in [2.75, 3.05) is 12.5 Å². The first-order chi connectivity index (χ1) is 9.20. The fourth-order valence-corrected chi connectivity index (χ4v) is 2.00. The van der Waals surface area contributed by atoms with E-state index in [-0.39, 0.29) is 18.5 Å². The van der Waals surface area contributed by atoms with Gasteiger partial charge in [0.2, 0.25) is 0 Å². The molecule has 100 valence electrons. The predicted octanol–water partition coefficient (Wildman–Crippen LogP) is 3.39. The number of carbonyl (C=O) groups excluding carboxylic acids is 1. The number of hydrogen-bond acceptors (Lipinski definition) is 3. The molecule has 0 saturated carbocycles. The van der Waals surface area contributed by atoms with Crippen LogP contribution in [0.4, 0.5) is 0 Å². The Kier molecular flexibility index (Phi) is 4.63. The van der Waals surface area contributed by atoms with Crippen LogP contribution in [0.1, 0.15) is 6.92 Å². The normalized spacial score (nSPS) is 12.1. The third-order valence-electron chi connectivity index (χ3n) is 2.68. The Hall–Kier alpha value is -1.74. The highest BCUT2D eigenvalue weighted by molar-refractivity contribution is 6.18. The molecule has 3 nitrogen and oxygen atoms in total. The predicted molar refractivity (Wildman–Crippen MR) is 75.7 cm³/mol. The van der Waals surface area contributed by atoms with E-state index in [0.717, 1.165) is 16.5 Å². The molecule has 4 heteroatoms. The van der Waals surface area contributed by atoms with E-state index in [1.54, 1.807) is 0 Å². The number of hydrogen-bond donors (Lipinski definition) is 0. The topological polar surface area (TPSA) is 35.5 Å². The summed E-state index contributed by atoms with van der Waals surface area (Å²) in [7, 11) is 0. The zero-order valence-corrected chi connectivity index (χ0v) is 11.4. The largest absolute Gasteiger partial charge is 0.489 e. The molecule has 2 rings (SSSR count). The van der Waals surface area contributed by atoms with Gasteiger partial charge < -0.3 is 9.47 Å². The number of benzene rings is 2. The molecule has 0 aliphatic rings. The molecule has 0 radical (unpaired) electrons. The van der Waals surface area contributed by atoms with Crippen molar-refractivity contribution in [3.63, 3.8) is 0 Å². The van der Waals surface area contributed by atoms with E-state index >= 15 is 0 Å². The van der Waals surface area contributed by atoms with Crippen molar-refractivity contribution in [1.82, 2.24) is 0 Å². The molecule has 1 atom stereocenters. The molecule has 19 heavy (non-hydrogen) atoms. The van der Waals surface area contributed by atoms with E-state index in [1.807, 2.05) is 42.5 Å². The minimum Gasteiger partial charge on any atom is -0.489 e. The zero-order valence-electron chi connectivity index (χ0n) is 10.6. The molecular formula is C15H15ClO3. The van der Waals surface area contributed by atoms with Gasteiger partial charge in [0.15, 0.2) is 0 Å². The molecule has 2 aromatic carbocycles. The van der Waals surface area contributed by atoms with Crippen molar-refractivity contribution in [1.29, 1.82) is 0 Å². The second-order valence-corrected chi connectivity index (χ2v) is 4.48. The monoisotopic (exact) mass is 278 g/mol. The summed E-state index contributed by atoms with van der Waals surface area (Å²) in [5.41, 5.74) is 0. The minimum atomic E-state index is -0.432. The van der Waals surface area contributed by atoms with Gasteiger partial charge in [-0.15, -0.1) is 11.6 Å². The number of ether oxygens (including phenoxy) is 2. The Morgan fingerprint density at radius 3 is 2.68 bits per heavy atom. The molecule has 2 aromatic rings. The highest BCUT2D eigenvalue weighted by Gasteiger charge is 2.12. The van der Waals surface area contributed by atoms with Crippen LogP contribution in [0.5, 0.6) is 5.75 Å². The Morgan fingerprint density at radius 1 is 1.21 bits per heavy atom. The molecule has 0 saturated heterocycles. The van der Waals surface area contributed by atoms with Gasteiger partial charge in [-0.1, -0.05) is 36.4 Å². The Morgan fingerprint density at radius 2 is 1.95 bits per heavy atom. The molecular weight excluding hydrogens is 264 g/mol. The first-order valence-electron chi connectivity index (χ1n) is 6.04. The summed E-state index contributed by atoms with van der Waals surface area (Å²) in [4.78, 5) is 10.9. The zero-order chi connectivity index (χ0) is 13.7. The summed E-state index contributed by atoms with van der Waals surface area (Å²) >= 11 is 5.74. The third kappa shape index (κ3) is 3.61. The lowest BCUT2D eigenvalue weighted by atomic mass is 10.1. The molecule has 0 fully saturated rings.